The highest BCUT2D eigenvalue weighted by atomic mass is 16.4. The van der Waals surface area contributed by atoms with Crippen molar-refractivity contribution in [1.29, 1.82) is 0 Å². The molecular weight excluding hydrogens is 464 g/mol. The second-order valence-corrected chi connectivity index (χ2v) is 9.40. The van der Waals surface area contributed by atoms with Crippen LogP contribution < -0.4 is 16.4 Å². The number of carbonyl (C=O) groups excluding carboxylic acids is 3. The van der Waals surface area contributed by atoms with E-state index in [0.717, 1.165) is 5.56 Å². The van der Waals surface area contributed by atoms with E-state index in [2.05, 4.69) is 20.6 Å². The molecular formula is C25H34N6O5. The van der Waals surface area contributed by atoms with E-state index in [1.54, 1.807) is 13.8 Å². The van der Waals surface area contributed by atoms with Crippen LogP contribution in [-0.2, 0) is 32.0 Å². The molecule has 0 unspecified atom stereocenters. The molecule has 0 saturated carbocycles. The van der Waals surface area contributed by atoms with Crippen LogP contribution in [0.2, 0.25) is 0 Å². The quantitative estimate of drug-likeness (QED) is 0.295. The monoisotopic (exact) mass is 498 g/mol. The van der Waals surface area contributed by atoms with E-state index in [4.69, 9.17) is 5.73 Å². The van der Waals surface area contributed by atoms with Crippen LogP contribution in [0.5, 0.6) is 0 Å². The largest absolute Gasteiger partial charge is 0.480 e. The summed E-state index contributed by atoms with van der Waals surface area (Å²) in [5.41, 5.74) is 7.71. The summed E-state index contributed by atoms with van der Waals surface area (Å²) >= 11 is 0. The van der Waals surface area contributed by atoms with Gasteiger partial charge in [0.05, 0.1) is 12.4 Å². The van der Waals surface area contributed by atoms with Crippen LogP contribution in [0.3, 0.4) is 0 Å². The predicted molar refractivity (Wildman–Crippen MR) is 131 cm³/mol. The minimum absolute atomic E-state index is 0.0796. The van der Waals surface area contributed by atoms with Gasteiger partial charge in [0.25, 0.3) is 0 Å². The van der Waals surface area contributed by atoms with E-state index < -0.39 is 42.0 Å². The van der Waals surface area contributed by atoms with Gasteiger partial charge in [0.2, 0.25) is 17.7 Å². The van der Waals surface area contributed by atoms with Gasteiger partial charge in [-0.05, 0) is 30.7 Å². The van der Waals surface area contributed by atoms with Gasteiger partial charge in [-0.1, -0.05) is 44.2 Å². The van der Waals surface area contributed by atoms with Gasteiger partial charge in [-0.25, -0.2) is 9.78 Å². The number of imidazole rings is 1. The average molecular weight is 499 g/mol. The average Bonchev–Trinajstić information content (AvgIpc) is 3.54. The molecule has 4 atom stereocenters. The van der Waals surface area contributed by atoms with Crippen LogP contribution in [0.1, 0.15) is 37.9 Å². The van der Waals surface area contributed by atoms with Gasteiger partial charge in [0.1, 0.15) is 18.1 Å². The molecule has 0 bridgehead atoms. The molecule has 36 heavy (non-hydrogen) atoms. The fourth-order valence-corrected chi connectivity index (χ4v) is 4.33. The summed E-state index contributed by atoms with van der Waals surface area (Å²) in [6.07, 6.45) is 4.48. The number of aliphatic carboxylic acids is 1. The fourth-order valence-electron chi connectivity index (χ4n) is 4.33. The zero-order chi connectivity index (χ0) is 26.2. The maximum atomic E-state index is 13.3. The van der Waals surface area contributed by atoms with Crippen LogP contribution in [0, 0.1) is 5.92 Å². The summed E-state index contributed by atoms with van der Waals surface area (Å²) < 4.78 is 0. The van der Waals surface area contributed by atoms with Crippen molar-refractivity contribution in [2.24, 2.45) is 11.7 Å². The number of carboxylic acids is 1. The molecule has 1 saturated heterocycles. The first-order chi connectivity index (χ1) is 17.2. The molecule has 11 nitrogen and oxygen atoms in total. The maximum absolute atomic E-state index is 13.3. The summed E-state index contributed by atoms with van der Waals surface area (Å²) in [5, 5.41) is 14.7. The third kappa shape index (κ3) is 6.91. The first kappa shape index (κ1) is 26.9. The number of rotatable bonds is 11. The van der Waals surface area contributed by atoms with Crippen molar-refractivity contribution in [3.05, 3.63) is 54.1 Å². The Balaban J connectivity index is 1.71. The number of benzene rings is 1. The van der Waals surface area contributed by atoms with Crippen molar-refractivity contribution in [2.75, 3.05) is 6.54 Å². The Bertz CT molecular complexity index is 1040. The molecule has 194 valence electrons. The molecule has 1 aliphatic rings. The SMILES string of the molecule is CC(C)[C@H](NC(=O)[C@H](Cc1cnc[nH]1)NC(=O)[C@@H]1CCCN1C(=O)[C@@H](N)Cc1ccccc1)C(=O)O. The zero-order valence-electron chi connectivity index (χ0n) is 20.5. The Kier molecular flexibility index (Phi) is 9.18. The number of carbonyl (C=O) groups is 4. The number of aromatic nitrogens is 2. The number of hydrogen-bond acceptors (Lipinski definition) is 6. The fraction of sp³-hybridized carbons (Fsp3) is 0.480. The number of nitrogens with one attached hydrogen (secondary N) is 3. The lowest BCUT2D eigenvalue weighted by molar-refractivity contribution is -0.144. The third-order valence-electron chi connectivity index (χ3n) is 6.30. The van der Waals surface area contributed by atoms with Crippen molar-refractivity contribution in [3.8, 4) is 0 Å². The predicted octanol–water partition coefficient (Wildman–Crippen LogP) is 0.223. The van der Waals surface area contributed by atoms with Gasteiger partial charge < -0.3 is 31.4 Å². The Morgan fingerprint density at radius 3 is 2.50 bits per heavy atom. The molecule has 0 radical (unpaired) electrons. The summed E-state index contributed by atoms with van der Waals surface area (Å²) in [6, 6.07) is 5.67. The van der Waals surface area contributed by atoms with E-state index in [9.17, 15) is 24.3 Å². The maximum Gasteiger partial charge on any atom is 0.326 e. The van der Waals surface area contributed by atoms with E-state index >= 15 is 0 Å². The molecule has 1 aliphatic heterocycles. The van der Waals surface area contributed by atoms with E-state index in [-0.39, 0.29) is 18.2 Å². The normalized spacial score (nSPS) is 17.9. The van der Waals surface area contributed by atoms with E-state index in [1.165, 1.54) is 17.4 Å². The Morgan fingerprint density at radius 2 is 1.89 bits per heavy atom. The standard InChI is InChI=1S/C25H34N6O5/c1-15(2)21(25(35)36)30-22(32)19(12-17-13-27-14-28-17)29-23(33)20-9-6-10-31(20)24(34)18(26)11-16-7-4-3-5-8-16/h3-5,7-8,13-15,18-21H,6,9-12,26H2,1-2H3,(H,27,28)(H,29,33)(H,30,32)(H,35,36)/t18-,19-,20-,21-/m0/s1. The van der Waals surface area contributed by atoms with Crippen molar-refractivity contribution in [1.82, 2.24) is 25.5 Å². The van der Waals surface area contributed by atoms with Gasteiger partial charge in [-0.15, -0.1) is 0 Å². The summed E-state index contributed by atoms with van der Waals surface area (Å²) in [5.74, 6) is -2.95. The van der Waals surface area contributed by atoms with Crippen molar-refractivity contribution < 1.29 is 24.3 Å². The number of amides is 3. The third-order valence-corrected chi connectivity index (χ3v) is 6.30. The van der Waals surface area contributed by atoms with E-state index in [1.807, 2.05) is 30.3 Å². The molecule has 11 heteroatoms. The van der Waals surface area contributed by atoms with Gasteiger partial charge in [0, 0.05) is 24.9 Å². The van der Waals surface area contributed by atoms with Crippen molar-refractivity contribution in [2.45, 2.75) is 63.7 Å². The number of H-pyrrole nitrogens is 1. The molecule has 2 aromatic rings. The first-order valence-electron chi connectivity index (χ1n) is 12.1. The highest BCUT2D eigenvalue weighted by molar-refractivity contribution is 5.94. The Morgan fingerprint density at radius 1 is 1.17 bits per heavy atom. The molecule has 1 aromatic carbocycles. The molecule has 3 amide bonds. The topological polar surface area (TPSA) is 171 Å². The molecule has 6 N–H and O–H groups in total. The highest BCUT2D eigenvalue weighted by Gasteiger charge is 2.38. The number of aromatic amines is 1. The van der Waals surface area contributed by atoms with Gasteiger partial charge in [-0.2, -0.15) is 0 Å². The lowest BCUT2D eigenvalue weighted by Crippen LogP contribution is -2.57. The lowest BCUT2D eigenvalue weighted by Gasteiger charge is -2.29. The van der Waals surface area contributed by atoms with Crippen molar-refractivity contribution in [3.63, 3.8) is 0 Å². The summed E-state index contributed by atoms with van der Waals surface area (Å²) in [4.78, 5) is 59.3. The number of nitrogens with two attached hydrogens (primary N) is 1. The van der Waals surface area contributed by atoms with Gasteiger partial charge in [-0.3, -0.25) is 14.4 Å². The van der Waals surface area contributed by atoms with Crippen LogP contribution in [0.15, 0.2) is 42.9 Å². The molecule has 0 aliphatic carbocycles. The summed E-state index contributed by atoms with van der Waals surface area (Å²) in [6.45, 7) is 3.76. The van der Waals surface area contributed by atoms with Gasteiger partial charge in [0.15, 0.2) is 0 Å². The first-order valence-corrected chi connectivity index (χ1v) is 12.1. The van der Waals surface area contributed by atoms with Crippen LogP contribution >= 0.6 is 0 Å². The van der Waals surface area contributed by atoms with Crippen LogP contribution in [0.4, 0.5) is 0 Å². The van der Waals surface area contributed by atoms with Crippen LogP contribution in [0.25, 0.3) is 0 Å². The molecule has 2 heterocycles. The number of likely N-dealkylation sites (tertiary alicyclic amines) is 1. The Hall–Kier alpha value is -3.73. The Labute approximate surface area is 209 Å². The molecule has 0 spiro atoms. The zero-order valence-corrected chi connectivity index (χ0v) is 20.5. The smallest absolute Gasteiger partial charge is 0.326 e. The number of carboxylic acid groups (broad SMARTS) is 1. The molecule has 1 aromatic heterocycles. The van der Waals surface area contributed by atoms with Crippen LogP contribution in [-0.4, -0.2) is 74.4 Å². The minimum Gasteiger partial charge on any atom is -0.480 e. The lowest BCUT2D eigenvalue weighted by atomic mass is 10.0. The van der Waals surface area contributed by atoms with Crippen molar-refractivity contribution >= 4 is 23.7 Å². The second kappa shape index (κ2) is 12.3. The van der Waals surface area contributed by atoms with Gasteiger partial charge >= 0.3 is 5.97 Å². The molecule has 1 fully saturated rings. The summed E-state index contributed by atoms with van der Waals surface area (Å²) in [7, 11) is 0. The van der Waals surface area contributed by atoms with E-state index in [0.29, 0.717) is 31.5 Å². The minimum atomic E-state index is -1.16. The number of hydrogen-bond donors (Lipinski definition) is 5. The molecule has 3 rings (SSSR count). The highest BCUT2D eigenvalue weighted by Crippen LogP contribution is 2.20. The number of nitrogens with zero attached hydrogens (tertiary/aromatic N) is 2. The second-order valence-electron chi connectivity index (χ2n) is 9.40.